The van der Waals surface area contributed by atoms with Crippen LogP contribution in [0.5, 0.6) is 0 Å². The van der Waals surface area contributed by atoms with Crippen LogP contribution in [0.4, 0.5) is 10.1 Å². The Morgan fingerprint density at radius 1 is 1.37 bits per heavy atom. The number of nitrogens with zero attached hydrogens (tertiary/aromatic N) is 1. The van der Waals surface area contributed by atoms with Gasteiger partial charge in [0.1, 0.15) is 12.4 Å². The molecule has 0 saturated carbocycles. The lowest BCUT2D eigenvalue weighted by Crippen LogP contribution is -2.38. The zero-order valence-corrected chi connectivity index (χ0v) is 11.1. The fraction of sp³-hybridized carbons (Fsp3) is 0.385. The Balaban J connectivity index is 2.35. The maximum absolute atomic E-state index is 14.0. The Kier molecular flexibility index (Phi) is 4.08. The van der Waals surface area contributed by atoms with Gasteiger partial charge in [-0.2, -0.15) is 0 Å². The molecule has 1 aliphatic rings. The molecule has 1 N–H and O–H groups in total. The van der Waals surface area contributed by atoms with E-state index in [1.54, 1.807) is 6.07 Å². The van der Waals surface area contributed by atoms with Crippen molar-refractivity contribution in [3.63, 3.8) is 0 Å². The van der Waals surface area contributed by atoms with Crippen molar-refractivity contribution in [2.45, 2.75) is 12.8 Å². The highest BCUT2D eigenvalue weighted by Crippen LogP contribution is 2.26. The lowest BCUT2D eigenvalue weighted by molar-refractivity contribution is 0.350. The molecule has 0 spiro atoms. The van der Waals surface area contributed by atoms with Crippen LogP contribution in [0, 0.1) is 17.7 Å². The normalized spacial score (nSPS) is 17.7. The van der Waals surface area contributed by atoms with E-state index >= 15 is 0 Å². The van der Waals surface area contributed by atoms with E-state index in [0.717, 1.165) is 10.7 Å². The largest absolute Gasteiger partial charge is 0.384 e. The fourth-order valence-electron chi connectivity index (χ4n) is 1.99. The van der Waals surface area contributed by atoms with E-state index in [-0.39, 0.29) is 18.0 Å². The van der Waals surface area contributed by atoms with Gasteiger partial charge in [0.15, 0.2) is 0 Å². The second kappa shape index (κ2) is 5.59. The number of hydrogen-bond acceptors (Lipinski definition) is 3. The molecule has 19 heavy (non-hydrogen) atoms. The van der Waals surface area contributed by atoms with E-state index in [2.05, 4.69) is 11.8 Å². The molecule has 1 aliphatic heterocycles. The van der Waals surface area contributed by atoms with E-state index < -0.39 is 15.8 Å². The smallest absolute Gasteiger partial charge is 0.235 e. The molecule has 0 unspecified atom stereocenters. The van der Waals surface area contributed by atoms with Crippen LogP contribution in [0.25, 0.3) is 0 Å². The minimum Gasteiger partial charge on any atom is -0.384 e. The highest BCUT2D eigenvalue weighted by atomic mass is 32.2. The van der Waals surface area contributed by atoms with Gasteiger partial charge in [0, 0.05) is 12.1 Å². The van der Waals surface area contributed by atoms with Crippen LogP contribution in [0.15, 0.2) is 18.2 Å². The number of rotatable bonds is 1. The first-order valence-electron chi connectivity index (χ1n) is 5.94. The number of aliphatic hydroxyl groups is 1. The van der Waals surface area contributed by atoms with Crippen LogP contribution in [-0.4, -0.2) is 32.4 Å². The van der Waals surface area contributed by atoms with Crippen LogP contribution in [0.3, 0.4) is 0 Å². The van der Waals surface area contributed by atoms with Gasteiger partial charge in [0.25, 0.3) is 0 Å². The molecular formula is C13H14FNO3S. The van der Waals surface area contributed by atoms with Gasteiger partial charge in [-0.3, -0.25) is 4.31 Å². The molecule has 1 aromatic rings. The Labute approximate surface area is 111 Å². The van der Waals surface area contributed by atoms with Crippen molar-refractivity contribution in [1.82, 2.24) is 0 Å². The minimum absolute atomic E-state index is 0.0541. The molecular weight excluding hydrogens is 269 g/mol. The zero-order chi connectivity index (χ0) is 13.9. The predicted octanol–water partition coefficient (Wildman–Crippen LogP) is 1.10. The average molecular weight is 283 g/mol. The molecule has 0 aromatic heterocycles. The Hall–Kier alpha value is -1.58. The molecule has 4 nitrogen and oxygen atoms in total. The predicted molar refractivity (Wildman–Crippen MR) is 70.7 cm³/mol. The number of halogens is 1. The van der Waals surface area contributed by atoms with Crippen molar-refractivity contribution in [3.05, 3.63) is 29.6 Å². The molecule has 1 heterocycles. The third kappa shape index (κ3) is 3.06. The molecule has 2 rings (SSSR count). The first kappa shape index (κ1) is 13.8. The SMILES string of the molecule is O=S1(=O)CCCCN1c1ccc(C#CCO)cc1F. The Morgan fingerprint density at radius 3 is 2.79 bits per heavy atom. The van der Waals surface area contributed by atoms with Gasteiger partial charge in [0.2, 0.25) is 10.0 Å². The van der Waals surface area contributed by atoms with Gasteiger partial charge in [-0.1, -0.05) is 11.8 Å². The lowest BCUT2D eigenvalue weighted by atomic mass is 10.2. The zero-order valence-electron chi connectivity index (χ0n) is 10.3. The molecule has 1 fully saturated rings. The molecule has 0 radical (unpaired) electrons. The van der Waals surface area contributed by atoms with Crippen LogP contribution in [0.2, 0.25) is 0 Å². The summed E-state index contributed by atoms with van der Waals surface area (Å²) >= 11 is 0. The third-order valence-corrected chi connectivity index (χ3v) is 4.73. The number of anilines is 1. The minimum atomic E-state index is -3.41. The van der Waals surface area contributed by atoms with Crippen molar-refractivity contribution < 1.29 is 17.9 Å². The number of aliphatic hydroxyl groups excluding tert-OH is 1. The van der Waals surface area contributed by atoms with Crippen molar-refractivity contribution in [1.29, 1.82) is 0 Å². The number of hydrogen-bond donors (Lipinski definition) is 1. The highest BCUT2D eigenvalue weighted by Gasteiger charge is 2.27. The van der Waals surface area contributed by atoms with E-state index in [0.29, 0.717) is 18.5 Å². The van der Waals surface area contributed by atoms with Gasteiger partial charge in [-0.25, -0.2) is 12.8 Å². The van der Waals surface area contributed by atoms with E-state index in [9.17, 15) is 12.8 Å². The first-order chi connectivity index (χ1) is 9.04. The van der Waals surface area contributed by atoms with E-state index in [4.69, 9.17) is 5.11 Å². The second-order valence-electron chi connectivity index (χ2n) is 4.22. The van der Waals surface area contributed by atoms with Gasteiger partial charge >= 0.3 is 0 Å². The van der Waals surface area contributed by atoms with Crippen LogP contribution < -0.4 is 4.31 Å². The third-order valence-electron chi connectivity index (χ3n) is 2.88. The summed E-state index contributed by atoms with van der Waals surface area (Å²) in [4.78, 5) is 0. The molecule has 6 heteroatoms. The van der Waals surface area contributed by atoms with Gasteiger partial charge < -0.3 is 5.11 Å². The molecule has 0 atom stereocenters. The quantitative estimate of drug-likeness (QED) is 0.785. The molecule has 102 valence electrons. The van der Waals surface area contributed by atoms with E-state index in [1.165, 1.54) is 12.1 Å². The summed E-state index contributed by atoms with van der Waals surface area (Å²) in [6.45, 7) is 0.00476. The average Bonchev–Trinajstić information content (AvgIpc) is 2.37. The van der Waals surface area contributed by atoms with Crippen molar-refractivity contribution >= 4 is 15.7 Å². The van der Waals surface area contributed by atoms with Crippen LogP contribution in [-0.2, 0) is 10.0 Å². The molecule has 0 amide bonds. The highest BCUT2D eigenvalue weighted by molar-refractivity contribution is 7.92. The summed E-state index contributed by atoms with van der Waals surface area (Å²) in [6, 6.07) is 4.15. The molecule has 0 bridgehead atoms. The lowest BCUT2D eigenvalue weighted by Gasteiger charge is -2.28. The Bertz CT molecular complexity index is 631. The summed E-state index contributed by atoms with van der Waals surface area (Å²) in [5, 5.41) is 8.57. The molecule has 1 saturated heterocycles. The topological polar surface area (TPSA) is 57.6 Å². The summed E-state index contributed by atoms with van der Waals surface area (Å²) in [5.41, 5.74) is 0.471. The second-order valence-corrected chi connectivity index (χ2v) is 6.23. The van der Waals surface area contributed by atoms with Crippen molar-refractivity contribution in [3.8, 4) is 11.8 Å². The maximum Gasteiger partial charge on any atom is 0.235 e. The first-order valence-corrected chi connectivity index (χ1v) is 7.55. The summed E-state index contributed by atoms with van der Waals surface area (Å²) < 4.78 is 38.9. The maximum atomic E-state index is 14.0. The summed E-state index contributed by atoms with van der Waals surface area (Å²) in [7, 11) is -3.41. The standard InChI is InChI=1S/C13H14FNO3S/c14-12-10-11(4-3-8-16)5-6-13(12)15-7-1-2-9-19(15,17)18/h5-6,10,16H,1-2,7-9H2. The van der Waals surface area contributed by atoms with E-state index in [1.807, 2.05) is 0 Å². The van der Waals surface area contributed by atoms with Gasteiger partial charge in [-0.05, 0) is 31.0 Å². The summed E-state index contributed by atoms with van der Waals surface area (Å²) in [6.07, 6.45) is 1.34. The molecule has 0 aliphatic carbocycles. The Morgan fingerprint density at radius 2 is 2.16 bits per heavy atom. The van der Waals surface area contributed by atoms with Crippen LogP contribution in [0.1, 0.15) is 18.4 Å². The molecule has 1 aromatic carbocycles. The van der Waals surface area contributed by atoms with Crippen molar-refractivity contribution in [2.24, 2.45) is 0 Å². The number of sulfonamides is 1. The van der Waals surface area contributed by atoms with Gasteiger partial charge in [0.05, 0.1) is 11.4 Å². The summed E-state index contributed by atoms with van der Waals surface area (Å²) in [5.74, 6) is 4.43. The van der Waals surface area contributed by atoms with Crippen molar-refractivity contribution in [2.75, 3.05) is 23.2 Å². The van der Waals surface area contributed by atoms with Gasteiger partial charge in [-0.15, -0.1) is 0 Å². The fourth-order valence-corrected chi connectivity index (χ4v) is 3.63. The monoisotopic (exact) mass is 283 g/mol. The van der Waals surface area contributed by atoms with Crippen LogP contribution >= 0.6 is 0 Å². The number of benzene rings is 1.